The summed E-state index contributed by atoms with van der Waals surface area (Å²) in [6, 6.07) is 18.4. The minimum Gasteiger partial charge on any atom is -0.335 e. The highest BCUT2D eigenvalue weighted by atomic mass is 16.2. The number of carbonyl (C=O) groups excluding carboxylic acids is 2. The first kappa shape index (κ1) is 16.8. The van der Waals surface area contributed by atoms with Crippen LogP contribution in [0.25, 0.3) is 0 Å². The molecule has 2 aliphatic rings. The third kappa shape index (κ3) is 3.79. The normalized spacial score (nSPS) is 18.8. The van der Waals surface area contributed by atoms with E-state index in [1.54, 1.807) is 0 Å². The summed E-state index contributed by atoms with van der Waals surface area (Å²) >= 11 is 0. The summed E-state index contributed by atoms with van der Waals surface area (Å²) in [7, 11) is 0. The lowest BCUT2D eigenvalue weighted by atomic mass is 9.89. The SMILES string of the molecule is O=C1Nc2ccccc2CC1CCC(=O)N(Cc1ccccc1)C1CC1. The Morgan fingerprint density at radius 3 is 2.54 bits per heavy atom. The second-order valence-corrected chi connectivity index (χ2v) is 7.32. The molecule has 1 unspecified atom stereocenters. The molecule has 4 heteroatoms. The van der Waals surface area contributed by atoms with Gasteiger partial charge in [-0.3, -0.25) is 9.59 Å². The Kier molecular flexibility index (Phi) is 4.74. The van der Waals surface area contributed by atoms with Gasteiger partial charge >= 0.3 is 0 Å². The molecule has 0 aromatic heterocycles. The molecule has 1 saturated carbocycles. The standard InChI is InChI=1S/C22H24N2O2/c25-21(24(19-11-12-19)15-16-6-2-1-3-7-16)13-10-18-14-17-8-4-5-9-20(17)23-22(18)26/h1-9,18-19H,10-15H2,(H,23,26). The van der Waals surface area contributed by atoms with Crippen LogP contribution in [0.3, 0.4) is 0 Å². The van der Waals surface area contributed by atoms with E-state index < -0.39 is 0 Å². The highest BCUT2D eigenvalue weighted by Crippen LogP contribution is 2.31. The lowest BCUT2D eigenvalue weighted by molar-refractivity contribution is -0.133. The molecule has 1 heterocycles. The van der Waals surface area contributed by atoms with E-state index in [-0.39, 0.29) is 17.7 Å². The maximum absolute atomic E-state index is 12.8. The van der Waals surface area contributed by atoms with Crippen molar-refractivity contribution in [2.75, 3.05) is 5.32 Å². The van der Waals surface area contributed by atoms with Crippen LogP contribution < -0.4 is 5.32 Å². The highest BCUT2D eigenvalue weighted by Gasteiger charge is 2.33. The fourth-order valence-corrected chi connectivity index (χ4v) is 3.67. The van der Waals surface area contributed by atoms with Crippen LogP contribution in [0.4, 0.5) is 5.69 Å². The summed E-state index contributed by atoms with van der Waals surface area (Å²) in [5, 5.41) is 2.97. The van der Waals surface area contributed by atoms with Crippen LogP contribution in [0, 0.1) is 5.92 Å². The molecule has 2 aromatic carbocycles. The highest BCUT2D eigenvalue weighted by molar-refractivity contribution is 5.96. The maximum Gasteiger partial charge on any atom is 0.227 e. The van der Waals surface area contributed by atoms with Crippen LogP contribution in [0.2, 0.25) is 0 Å². The zero-order chi connectivity index (χ0) is 17.9. The van der Waals surface area contributed by atoms with Crippen molar-refractivity contribution in [3.8, 4) is 0 Å². The number of hydrogen-bond donors (Lipinski definition) is 1. The molecule has 4 rings (SSSR count). The Hall–Kier alpha value is -2.62. The van der Waals surface area contributed by atoms with Gasteiger partial charge in [-0.05, 0) is 42.9 Å². The number of fused-ring (bicyclic) bond motifs is 1. The van der Waals surface area contributed by atoms with Gasteiger partial charge in [-0.2, -0.15) is 0 Å². The van der Waals surface area contributed by atoms with Crippen molar-refractivity contribution in [2.24, 2.45) is 5.92 Å². The van der Waals surface area contributed by atoms with Gasteiger partial charge in [-0.15, -0.1) is 0 Å². The summed E-state index contributed by atoms with van der Waals surface area (Å²) in [6.07, 6.45) is 3.95. The number of amides is 2. The average Bonchev–Trinajstić information content (AvgIpc) is 3.50. The van der Waals surface area contributed by atoms with Crippen LogP contribution in [-0.2, 0) is 22.6 Å². The monoisotopic (exact) mass is 348 g/mol. The van der Waals surface area contributed by atoms with Crippen molar-refractivity contribution in [1.82, 2.24) is 4.90 Å². The Balaban J connectivity index is 1.37. The summed E-state index contributed by atoms with van der Waals surface area (Å²) in [6.45, 7) is 0.671. The molecular formula is C22H24N2O2. The Morgan fingerprint density at radius 2 is 1.77 bits per heavy atom. The predicted molar refractivity (Wildman–Crippen MR) is 102 cm³/mol. The van der Waals surface area contributed by atoms with Crippen molar-refractivity contribution in [3.05, 3.63) is 65.7 Å². The smallest absolute Gasteiger partial charge is 0.227 e. The minimum atomic E-state index is -0.119. The number of anilines is 1. The van der Waals surface area contributed by atoms with E-state index in [1.807, 2.05) is 41.3 Å². The van der Waals surface area contributed by atoms with E-state index in [0.29, 0.717) is 25.4 Å². The van der Waals surface area contributed by atoms with Crippen molar-refractivity contribution >= 4 is 17.5 Å². The van der Waals surface area contributed by atoms with E-state index in [4.69, 9.17) is 0 Å². The molecule has 2 aromatic rings. The number of benzene rings is 2. The number of hydrogen-bond acceptors (Lipinski definition) is 2. The van der Waals surface area contributed by atoms with Crippen molar-refractivity contribution in [3.63, 3.8) is 0 Å². The van der Waals surface area contributed by atoms with Gasteiger partial charge in [0.05, 0.1) is 0 Å². The molecule has 0 radical (unpaired) electrons. The number of nitrogens with one attached hydrogen (secondary N) is 1. The molecule has 26 heavy (non-hydrogen) atoms. The molecule has 0 saturated heterocycles. The molecule has 1 atom stereocenters. The second-order valence-electron chi connectivity index (χ2n) is 7.32. The van der Waals surface area contributed by atoms with Gasteiger partial charge < -0.3 is 10.2 Å². The first-order chi connectivity index (χ1) is 12.7. The van der Waals surface area contributed by atoms with Gasteiger partial charge in [0.2, 0.25) is 11.8 Å². The van der Waals surface area contributed by atoms with Gasteiger partial charge in [0.15, 0.2) is 0 Å². The fourth-order valence-electron chi connectivity index (χ4n) is 3.67. The predicted octanol–water partition coefficient (Wildman–Crippen LogP) is 3.77. The van der Waals surface area contributed by atoms with Crippen molar-refractivity contribution in [1.29, 1.82) is 0 Å². The van der Waals surface area contributed by atoms with Gasteiger partial charge in [0, 0.05) is 30.6 Å². The number of nitrogens with zero attached hydrogens (tertiary/aromatic N) is 1. The molecule has 1 N–H and O–H groups in total. The van der Waals surface area contributed by atoms with Crippen LogP contribution in [0.5, 0.6) is 0 Å². The number of carbonyl (C=O) groups is 2. The van der Waals surface area contributed by atoms with Crippen LogP contribution in [-0.4, -0.2) is 22.8 Å². The maximum atomic E-state index is 12.8. The van der Waals surface area contributed by atoms with Crippen molar-refractivity contribution < 1.29 is 9.59 Å². The van der Waals surface area contributed by atoms with E-state index >= 15 is 0 Å². The van der Waals surface area contributed by atoms with Crippen LogP contribution in [0.15, 0.2) is 54.6 Å². The zero-order valence-corrected chi connectivity index (χ0v) is 14.9. The van der Waals surface area contributed by atoms with E-state index in [9.17, 15) is 9.59 Å². The van der Waals surface area contributed by atoms with E-state index in [1.165, 1.54) is 0 Å². The van der Waals surface area contributed by atoms with Crippen LogP contribution in [0.1, 0.15) is 36.8 Å². The fraction of sp³-hybridized carbons (Fsp3) is 0.364. The summed E-state index contributed by atoms with van der Waals surface area (Å²) in [5.41, 5.74) is 3.23. The van der Waals surface area contributed by atoms with Gasteiger partial charge in [-0.25, -0.2) is 0 Å². The number of para-hydroxylation sites is 1. The summed E-state index contributed by atoms with van der Waals surface area (Å²) < 4.78 is 0. The third-order valence-corrected chi connectivity index (χ3v) is 5.32. The minimum absolute atomic E-state index is 0.0394. The topological polar surface area (TPSA) is 49.4 Å². The quantitative estimate of drug-likeness (QED) is 0.864. The molecule has 1 fully saturated rings. The van der Waals surface area contributed by atoms with E-state index in [0.717, 1.165) is 36.1 Å². The molecule has 0 spiro atoms. The lowest BCUT2D eigenvalue weighted by Crippen LogP contribution is -2.35. The zero-order valence-electron chi connectivity index (χ0n) is 14.9. The molecule has 134 valence electrons. The van der Waals surface area contributed by atoms with Gasteiger partial charge in [-0.1, -0.05) is 48.5 Å². The third-order valence-electron chi connectivity index (χ3n) is 5.32. The Bertz CT molecular complexity index is 799. The first-order valence-corrected chi connectivity index (χ1v) is 9.43. The Labute approximate surface area is 154 Å². The molecule has 1 aliphatic carbocycles. The average molecular weight is 348 g/mol. The first-order valence-electron chi connectivity index (χ1n) is 9.43. The lowest BCUT2D eigenvalue weighted by Gasteiger charge is -2.26. The van der Waals surface area contributed by atoms with Gasteiger partial charge in [0.25, 0.3) is 0 Å². The number of rotatable bonds is 6. The largest absolute Gasteiger partial charge is 0.335 e. The van der Waals surface area contributed by atoms with E-state index in [2.05, 4.69) is 23.5 Å². The molecule has 2 amide bonds. The molecular weight excluding hydrogens is 324 g/mol. The van der Waals surface area contributed by atoms with Gasteiger partial charge in [0.1, 0.15) is 0 Å². The van der Waals surface area contributed by atoms with Crippen LogP contribution >= 0.6 is 0 Å². The summed E-state index contributed by atoms with van der Waals surface area (Å²) in [4.78, 5) is 27.2. The molecule has 0 bridgehead atoms. The Morgan fingerprint density at radius 1 is 1.04 bits per heavy atom. The summed E-state index contributed by atoms with van der Waals surface area (Å²) in [5.74, 6) is 0.0900. The van der Waals surface area contributed by atoms with Crippen molar-refractivity contribution in [2.45, 2.75) is 44.7 Å². The molecule has 4 nitrogen and oxygen atoms in total. The second kappa shape index (κ2) is 7.32. The molecule has 1 aliphatic heterocycles.